The molecule has 0 aliphatic carbocycles. The van der Waals surface area contributed by atoms with E-state index in [2.05, 4.69) is 58.9 Å². The van der Waals surface area contributed by atoms with Gasteiger partial charge in [-0.2, -0.15) is 0 Å². The summed E-state index contributed by atoms with van der Waals surface area (Å²) in [7, 11) is 0. The van der Waals surface area contributed by atoms with Gasteiger partial charge in [0.2, 0.25) is 11.0 Å². The lowest BCUT2D eigenvalue weighted by atomic mass is 10.00. The number of hydrogen-bond donors (Lipinski definition) is 2. The predicted octanol–water partition coefficient (Wildman–Crippen LogP) is 4.14. The molecule has 0 fully saturated rings. The Morgan fingerprint density at radius 1 is 1.20 bits per heavy atom. The quantitative estimate of drug-likeness (QED) is 0.642. The van der Waals surface area contributed by atoms with Gasteiger partial charge in [0, 0.05) is 6.54 Å². The number of rotatable bonds is 9. The van der Waals surface area contributed by atoms with E-state index < -0.39 is 0 Å². The van der Waals surface area contributed by atoms with Crippen LogP contribution in [0.15, 0.2) is 28.6 Å². The Hall–Kier alpha value is -1.60. The van der Waals surface area contributed by atoms with Crippen molar-refractivity contribution in [3.63, 3.8) is 0 Å². The van der Waals surface area contributed by atoms with Gasteiger partial charge >= 0.3 is 0 Å². The van der Waals surface area contributed by atoms with Crippen molar-refractivity contribution in [1.82, 2.24) is 15.5 Å². The second-order valence-corrected chi connectivity index (χ2v) is 8.52. The third-order valence-corrected chi connectivity index (χ3v) is 5.58. The lowest BCUT2D eigenvalue weighted by Crippen LogP contribution is -2.28. The van der Waals surface area contributed by atoms with E-state index >= 15 is 0 Å². The van der Waals surface area contributed by atoms with Gasteiger partial charge in [0.15, 0.2) is 4.34 Å². The average molecular weight is 379 g/mol. The fraction of sp³-hybridized carbons (Fsp3) is 0.500. The van der Waals surface area contributed by atoms with E-state index in [4.69, 9.17) is 0 Å². The standard InChI is InChI=1S/C18H26N4OS2/c1-5-19-17-21-22-18(25-17)24-11-16(23)20-13(4)15-8-6-14(7-9-15)10-12(2)3/h6-9,12-13H,5,10-11H2,1-4H3,(H,19,21)(H,20,23)/t13-/m1/s1. The third-order valence-electron chi connectivity index (χ3n) is 3.56. The molecule has 0 spiro atoms. The van der Waals surface area contributed by atoms with Crippen LogP contribution in [0, 0.1) is 5.92 Å². The van der Waals surface area contributed by atoms with Crippen LogP contribution in [0.1, 0.15) is 44.9 Å². The van der Waals surface area contributed by atoms with Gasteiger partial charge in [-0.25, -0.2) is 0 Å². The summed E-state index contributed by atoms with van der Waals surface area (Å²) in [6.07, 6.45) is 1.08. The SMILES string of the molecule is CCNc1nnc(SCC(=O)N[C@H](C)c2ccc(CC(C)C)cc2)s1. The fourth-order valence-electron chi connectivity index (χ4n) is 2.40. The minimum Gasteiger partial charge on any atom is -0.360 e. The van der Waals surface area contributed by atoms with Crippen LogP contribution in [-0.4, -0.2) is 28.4 Å². The van der Waals surface area contributed by atoms with E-state index in [1.807, 2.05) is 13.8 Å². The summed E-state index contributed by atoms with van der Waals surface area (Å²) in [5.41, 5.74) is 2.46. The van der Waals surface area contributed by atoms with Crippen LogP contribution in [0.5, 0.6) is 0 Å². The van der Waals surface area contributed by atoms with Gasteiger partial charge in [0.05, 0.1) is 11.8 Å². The first-order chi connectivity index (χ1) is 12.0. The first kappa shape index (κ1) is 19.7. The summed E-state index contributed by atoms with van der Waals surface area (Å²) < 4.78 is 0.803. The molecule has 1 aromatic heterocycles. The van der Waals surface area contributed by atoms with Gasteiger partial charge in [0.25, 0.3) is 0 Å². The van der Waals surface area contributed by atoms with Gasteiger partial charge < -0.3 is 10.6 Å². The molecule has 2 N–H and O–H groups in total. The molecule has 0 saturated heterocycles. The molecular formula is C18H26N4OS2. The van der Waals surface area contributed by atoms with E-state index in [0.29, 0.717) is 11.7 Å². The molecule has 1 heterocycles. The number of aromatic nitrogens is 2. The van der Waals surface area contributed by atoms with Gasteiger partial charge in [0.1, 0.15) is 0 Å². The Kier molecular flexibility index (Phi) is 7.71. The second kappa shape index (κ2) is 9.77. The summed E-state index contributed by atoms with van der Waals surface area (Å²) in [5.74, 6) is 0.994. The second-order valence-electron chi connectivity index (χ2n) is 6.32. The van der Waals surface area contributed by atoms with Crippen LogP contribution in [0.25, 0.3) is 0 Å². The summed E-state index contributed by atoms with van der Waals surface area (Å²) in [6.45, 7) is 9.27. The minimum absolute atomic E-state index is 0.00366. The number of amides is 1. The zero-order valence-corrected chi connectivity index (χ0v) is 16.8. The Labute approximate surface area is 158 Å². The number of carbonyl (C=O) groups excluding carboxylic acids is 1. The van der Waals surface area contributed by atoms with E-state index in [0.717, 1.165) is 28.0 Å². The van der Waals surface area contributed by atoms with Gasteiger partial charge in [-0.1, -0.05) is 61.2 Å². The predicted molar refractivity (Wildman–Crippen MR) is 106 cm³/mol. The summed E-state index contributed by atoms with van der Waals surface area (Å²) in [5, 5.41) is 15.0. The molecule has 136 valence electrons. The molecule has 0 saturated carbocycles. The van der Waals surface area contributed by atoms with Crippen LogP contribution in [0.3, 0.4) is 0 Å². The molecule has 5 nitrogen and oxygen atoms in total. The zero-order valence-electron chi connectivity index (χ0n) is 15.2. The molecular weight excluding hydrogens is 352 g/mol. The number of hydrogen-bond acceptors (Lipinski definition) is 6. The molecule has 1 amide bonds. The smallest absolute Gasteiger partial charge is 0.230 e. The fourth-order valence-corrected chi connectivity index (χ4v) is 4.03. The molecule has 1 atom stereocenters. The number of anilines is 1. The first-order valence-electron chi connectivity index (χ1n) is 8.56. The molecule has 2 rings (SSSR count). The Morgan fingerprint density at radius 3 is 2.56 bits per heavy atom. The van der Waals surface area contributed by atoms with Crippen molar-refractivity contribution in [3.8, 4) is 0 Å². The minimum atomic E-state index is -0.00654. The maximum atomic E-state index is 12.2. The van der Waals surface area contributed by atoms with Crippen molar-refractivity contribution in [1.29, 1.82) is 0 Å². The number of nitrogens with one attached hydrogen (secondary N) is 2. The Morgan fingerprint density at radius 2 is 1.92 bits per heavy atom. The largest absolute Gasteiger partial charge is 0.360 e. The van der Waals surface area contributed by atoms with Gasteiger partial charge in [-0.15, -0.1) is 10.2 Å². The van der Waals surface area contributed by atoms with E-state index in [1.54, 1.807) is 0 Å². The van der Waals surface area contributed by atoms with Crippen LogP contribution < -0.4 is 10.6 Å². The summed E-state index contributed by atoms with van der Waals surface area (Å²) >= 11 is 2.89. The molecule has 25 heavy (non-hydrogen) atoms. The van der Waals surface area contributed by atoms with Gasteiger partial charge in [-0.3, -0.25) is 4.79 Å². The number of benzene rings is 1. The van der Waals surface area contributed by atoms with Crippen molar-refractivity contribution in [2.45, 2.75) is 44.5 Å². The van der Waals surface area contributed by atoms with E-state index in [1.165, 1.54) is 28.7 Å². The van der Waals surface area contributed by atoms with E-state index in [-0.39, 0.29) is 11.9 Å². The lowest BCUT2D eigenvalue weighted by molar-refractivity contribution is -0.119. The molecule has 0 aliphatic rings. The van der Waals surface area contributed by atoms with E-state index in [9.17, 15) is 4.79 Å². The monoisotopic (exact) mass is 378 g/mol. The molecule has 0 radical (unpaired) electrons. The first-order valence-corrected chi connectivity index (χ1v) is 10.4. The summed E-state index contributed by atoms with van der Waals surface area (Å²) in [4.78, 5) is 12.2. The Balaban J connectivity index is 1.80. The highest BCUT2D eigenvalue weighted by molar-refractivity contribution is 8.01. The van der Waals surface area contributed by atoms with Crippen molar-refractivity contribution >= 4 is 34.1 Å². The molecule has 1 aromatic carbocycles. The van der Waals surface area contributed by atoms with Crippen molar-refractivity contribution in [2.24, 2.45) is 5.92 Å². The highest BCUT2D eigenvalue weighted by Crippen LogP contribution is 2.25. The molecule has 2 aromatic rings. The third kappa shape index (κ3) is 6.66. The van der Waals surface area contributed by atoms with Crippen molar-refractivity contribution in [3.05, 3.63) is 35.4 Å². The topological polar surface area (TPSA) is 66.9 Å². The van der Waals surface area contributed by atoms with Crippen LogP contribution in [-0.2, 0) is 11.2 Å². The van der Waals surface area contributed by atoms with Crippen molar-refractivity contribution in [2.75, 3.05) is 17.6 Å². The normalized spacial score (nSPS) is 12.2. The van der Waals surface area contributed by atoms with Crippen LogP contribution >= 0.6 is 23.1 Å². The van der Waals surface area contributed by atoms with Crippen molar-refractivity contribution < 1.29 is 4.79 Å². The molecule has 0 unspecified atom stereocenters. The lowest BCUT2D eigenvalue weighted by Gasteiger charge is -2.15. The number of thioether (sulfide) groups is 1. The van der Waals surface area contributed by atoms with Crippen LogP contribution in [0.2, 0.25) is 0 Å². The highest BCUT2D eigenvalue weighted by atomic mass is 32.2. The van der Waals surface area contributed by atoms with Crippen LogP contribution in [0.4, 0.5) is 5.13 Å². The molecule has 0 bridgehead atoms. The summed E-state index contributed by atoms with van der Waals surface area (Å²) in [6, 6.07) is 8.49. The maximum absolute atomic E-state index is 12.2. The number of carbonyl (C=O) groups is 1. The van der Waals surface area contributed by atoms with Gasteiger partial charge in [-0.05, 0) is 37.3 Å². The number of nitrogens with zero attached hydrogens (tertiary/aromatic N) is 2. The maximum Gasteiger partial charge on any atom is 0.230 e. The zero-order chi connectivity index (χ0) is 18.2. The Bertz CT molecular complexity index is 670. The molecule has 7 heteroatoms. The average Bonchev–Trinajstić information content (AvgIpc) is 3.01. The molecule has 0 aliphatic heterocycles. The highest BCUT2D eigenvalue weighted by Gasteiger charge is 2.12.